The molecule has 0 aliphatic rings. The van der Waals surface area contributed by atoms with Crippen molar-refractivity contribution in [3.05, 3.63) is 58.3 Å². The number of phenolic OH excluding ortho intramolecular Hbond substituents is 1. The number of halogens is 2. The van der Waals surface area contributed by atoms with Crippen molar-refractivity contribution in [2.75, 3.05) is 5.32 Å². The van der Waals surface area contributed by atoms with E-state index < -0.39 is 0 Å². The van der Waals surface area contributed by atoms with Crippen molar-refractivity contribution in [2.45, 2.75) is 13.0 Å². The topological polar surface area (TPSA) is 32.3 Å². The Kier molecular flexibility index (Phi) is 3.87. The van der Waals surface area contributed by atoms with Crippen LogP contribution in [0.1, 0.15) is 18.5 Å². The Bertz CT molecular complexity index is 559. The minimum Gasteiger partial charge on any atom is -0.508 e. The van der Waals surface area contributed by atoms with E-state index in [1.807, 2.05) is 19.1 Å². The summed E-state index contributed by atoms with van der Waals surface area (Å²) in [5.74, 6) is -0.0432. The van der Waals surface area contributed by atoms with Crippen molar-refractivity contribution in [2.24, 2.45) is 0 Å². The lowest BCUT2D eigenvalue weighted by atomic mass is 10.1. The number of aromatic hydroxyl groups is 1. The van der Waals surface area contributed by atoms with Gasteiger partial charge in [-0.3, -0.25) is 0 Å². The molecular formula is C14H13BrFNO. The lowest BCUT2D eigenvalue weighted by molar-refractivity contribution is 0.465. The van der Waals surface area contributed by atoms with Crippen molar-refractivity contribution in [3.8, 4) is 5.75 Å². The van der Waals surface area contributed by atoms with Crippen molar-refractivity contribution in [1.29, 1.82) is 0 Å². The first-order valence-electron chi connectivity index (χ1n) is 5.57. The average molecular weight is 310 g/mol. The largest absolute Gasteiger partial charge is 0.508 e. The van der Waals surface area contributed by atoms with Gasteiger partial charge in [-0.2, -0.15) is 0 Å². The monoisotopic (exact) mass is 309 g/mol. The molecular weight excluding hydrogens is 297 g/mol. The quantitative estimate of drug-likeness (QED) is 0.877. The van der Waals surface area contributed by atoms with Crippen molar-refractivity contribution < 1.29 is 9.50 Å². The molecule has 0 spiro atoms. The molecule has 0 radical (unpaired) electrons. The lowest BCUT2D eigenvalue weighted by Crippen LogP contribution is -2.07. The molecule has 4 heteroatoms. The predicted molar refractivity (Wildman–Crippen MR) is 74.2 cm³/mol. The summed E-state index contributed by atoms with van der Waals surface area (Å²) in [7, 11) is 0. The van der Waals surface area contributed by atoms with Gasteiger partial charge < -0.3 is 10.4 Å². The molecule has 18 heavy (non-hydrogen) atoms. The van der Waals surface area contributed by atoms with Crippen LogP contribution in [0.4, 0.5) is 10.1 Å². The first-order valence-corrected chi connectivity index (χ1v) is 6.36. The van der Waals surface area contributed by atoms with E-state index in [-0.39, 0.29) is 17.6 Å². The molecule has 0 bridgehead atoms. The van der Waals surface area contributed by atoms with Crippen LogP contribution in [-0.2, 0) is 0 Å². The molecule has 0 aliphatic heterocycles. The number of benzene rings is 2. The number of para-hydroxylation sites is 1. The molecule has 2 aromatic rings. The van der Waals surface area contributed by atoms with E-state index in [1.54, 1.807) is 18.2 Å². The van der Waals surface area contributed by atoms with E-state index in [9.17, 15) is 9.50 Å². The van der Waals surface area contributed by atoms with Gasteiger partial charge in [-0.15, -0.1) is 0 Å². The van der Waals surface area contributed by atoms with Gasteiger partial charge in [-0.05, 0) is 47.1 Å². The van der Waals surface area contributed by atoms with Crippen LogP contribution >= 0.6 is 15.9 Å². The zero-order chi connectivity index (χ0) is 13.1. The minimum absolute atomic E-state index is 0.0760. The maximum Gasteiger partial charge on any atom is 0.124 e. The van der Waals surface area contributed by atoms with Crippen LogP contribution in [0.2, 0.25) is 0 Å². The molecule has 0 aromatic heterocycles. The first kappa shape index (κ1) is 12.9. The summed E-state index contributed by atoms with van der Waals surface area (Å²) in [6.07, 6.45) is 0. The first-order chi connectivity index (χ1) is 8.58. The van der Waals surface area contributed by atoms with Crippen LogP contribution in [0.5, 0.6) is 5.75 Å². The van der Waals surface area contributed by atoms with Gasteiger partial charge in [0.2, 0.25) is 0 Å². The van der Waals surface area contributed by atoms with E-state index in [0.717, 1.165) is 11.3 Å². The van der Waals surface area contributed by atoms with Gasteiger partial charge in [0, 0.05) is 15.7 Å². The number of rotatable bonds is 3. The van der Waals surface area contributed by atoms with Crippen LogP contribution < -0.4 is 5.32 Å². The third-order valence-electron chi connectivity index (χ3n) is 2.71. The molecule has 2 aromatic carbocycles. The van der Waals surface area contributed by atoms with Crippen LogP contribution in [0.15, 0.2) is 46.9 Å². The Morgan fingerprint density at radius 3 is 2.61 bits per heavy atom. The van der Waals surface area contributed by atoms with E-state index in [2.05, 4.69) is 21.2 Å². The van der Waals surface area contributed by atoms with Gasteiger partial charge >= 0.3 is 0 Å². The number of phenols is 1. The Labute approximate surface area is 114 Å². The van der Waals surface area contributed by atoms with E-state index in [4.69, 9.17) is 0 Å². The molecule has 0 saturated heterocycles. The Hall–Kier alpha value is -1.55. The molecule has 94 valence electrons. The third kappa shape index (κ3) is 2.82. The summed E-state index contributed by atoms with van der Waals surface area (Å²) in [6, 6.07) is 11.5. The Morgan fingerprint density at radius 1 is 1.22 bits per heavy atom. The minimum atomic E-state index is -0.289. The maximum atomic E-state index is 13.0. The molecule has 0 fully saturated rings. The second kappa shape index (κ2) is 5.40. The fourth-order valence-electron chi connectivity index (χ4n) is 1.77. The van der Waals surface area contributed by atoms with Crippen LogP contribution in [-0.4, -0.2) is 5.11 Å². The zero-order valence-electron chi connectivity index (χ0n) is 9.82. The van der Waals surface area contributed by atoms with Crippen LogP contribution in [0, 0.1) is 5.82 Å². The third-order valence-corrected chi connectivity index (χ3v) is 3.36. The van der Waals surface area contributed by atoms with Gasteiger partial charge in [-0.1, -0.05) is 18.2 Å². The predicted octanol–water partition coefficient (Wildman–Crippen LogP) is 4.47. The summed E-state index contributed by atoms with van der Waals surface area (Å²) in [5, 5.41) is 13.0. The SMILES string of the molecule is CC(Nc1ccc(F)cc1Br)c1ccccc1O. The Balaban J connectivity index is 2.21. The molecule has 1 unspecified atom stereocenters. The van der Waals surface area contributed by atoms with Gasteiger partial charge in [0.25, 0.3) is 0 Å². The van der Waals surface area contributed by atoms with Gasteiger partial charge in [0.05, 0.1) is 6.04 Å². The summed E-state index contributed by atoms with van der Waals surface area (Å²) in [5.41, 5.74) is 1.58. The van der Waals surface area contributed by atoms with Crippen molar-refractivity contribution in [1.82, 2.24) is 0 Å². The molecule has 0 heterocycles. The van der Waals surface area contributed by atoms with Crippen molar-refractivity contribution >= 4 is 21.6 Å². The molecule has 0 saturated carbocycles. The number of hydrogen-bond donors (Lipinski definition) is 2. The van der Waals surface area contributed by atoms with E-state index in [1.165, 1.54) is 12.1 Å². The van der Waals surface area contributed by atoms with E-state index >= 15 is 0 Å². The summed E-state index contributed by atoms with van der Waals surface area (Å²) < 4.78 is 13.6. The molecule has 2 nitrogen and oxygen atoms in total. The van der Waals surface area contributed by atoms with Gasteiger partial charge in [0.15, 0.2) is 0 Å². The standard InChI is InChI=1S/C14H13BrFNO/c1-9(11-4-2-3-5-14(11)18)17-13-7-6-10(16)8-12(13)15/h2-9,17-18H,1H3. The molecule has 1 atom stereocenters. The van der Waals surface area contributed by atoms with Crippen LogP contribution in [0.25, 0.3) is 0 Å². The average Bonchev–Trinajstić information content (AvgIpc) is 2.33. The van der Waals surface area contributed by atoms with Gasteiger partial charge in [-0.25, -0.2) is 4.39 Å². The highest BCUT2D eigenvalue weighted by Crippen LogP contribution is 2.30. The maximum absolute atomic E-state index is 13.0. The lowest BCUT2D eigenvalue weighted by Gasteiger charge is -2.17. The highest BCUT2D eigenvalue weighted by Gasteiger charge is 2.11. The summed E-state index contributed by atoms with van der Waals surface area (Å²) in [4.78, 5) is 0. The van der Waals surface area contributed by atoms with E-state index in [0.29, 0.717) is 4.47 Å². The van der Waals surface area contributed by atoms with Crippen LogP contribution in [0.3, 0.4) is 0 Å². The summed E-state index contributed by atoms with van der Waals surface area (Å²) >= 11 is 3.30. The fourth-order valence-corrected chi connectivity index (χ4v) is 2.24. The molecule has 0 amide bonds. The highest BCUT2D eigenvalue weighted by molar-refractivity contribution is 9.10. The summed E-state index contributed by atoms with van der Waals surface area (Å²) in [6.45, 7) is 1.94. The van der Waals surface area contributed by atoms with Gasteiger partial charge in [0.1, 0.15) is 11.6 Å². The fraction of sp³-hybridized carbons (Fsp3) is 0.143. The number of anilines is 1. The highest BCUT2D eigenvalue weighted by atomic mass is 79.9. The second-order valence-corrected chi connectivity index (χ2v) is 4.90. The van der Waals surface area contributed by atoms with Crippen molar-refractivity contribution in [3.63, 3.8) is 0 Å². The Morgan fingerprint density at radius 2 is 1.94 bits per heavy atom. The molecule has 2 rings (SSSR count). The zero-order valence-corrected chi connectivity index (χ0v) is 11.4. The number of hydrogen-bond acceptors (Lipinski definition) is 2. The smallest absolute Gasteiger partial charge is 0.124 e. The molecule has 0 aliphatic carbocycles. The number of nitrogens with one attached hydrogen (secondary N) is 1. The molecule has 2 N–H and O–H groups in total. The normalized spacial score (nSPS) is 12.2. The second-order valence-electron chi connectivity index (χ2n) is 4.05.